The van der Waals surface area contributed by atoms with Crippen LogP contribution in [-0.2, 0) is 13.6 Å². The van der Waals surface area contributed by atoms with Crippen LogP contribution in [0.15, 0.2) is 41.0 Å². The van der Waals surface area contributed by atoms with Gasteiger partial charge in [0.05, 0.1) is 0 Å². The third-order valence-corrected chi connectivity index (χ3v) is 3.63. The molecule has 1 N–H and O–H groups in total. The average molecular weight is 318 g/mol. The van der Waals surface area contributed by atoms with Crippen molar-refractivity contribution >= 4 is 15.9 Å². The number of aryl methyl sites for hydroxylation is 1. The van der Waals surface area contributed by atoms with Crippen molar-refractivity contribution in [3.63, 3.8) is 0 Å². The molecule has 3 nitrogen and oxygen atoms in total. The third-order valence-electron chi connectivity index (χ3n) is 3.14. The molecule has 0 bridgehead atoms. The molecule has 1 aromatic carbocycles. The summed E-state index contributed by atoms with van der Waals surface area (Å²) in [5, 5.41) is 12.4. The highest BCUT2D eigenvalue weighted by Crippen LogP contribution is 2.18. The first-order chi connectivity index (χ1) is 9.10. The van der Waals surface area contributed by atoms with Crippen LogP contribution in [0.3, 0.4) is 0 Å². The molecule has 98 valence electrons. The van der Waals surface area contributed by atoms with Gasteiger partial charge in [-0.25, -0.2) is 0 Å². The largest absolute Gasteiger partial charge is 0.342 e. The third kappa shape index (κ3) is 3.46. The lowest BCUT2D eigenvalue weighted by Crippen LogP contribution is -2.17. The van der Waals surface area contributed by atoms with Crippen molar-refractivity contribution in [3.8, 4) is 6.07 Å². The van der Waals surface area contributed by atoms with Crippen molar-refractivity contribution in [2.45, 2.75) is 19.5 Å². The highest BCUT2D eigenvalue weighted by Gasteiger charge is 2.07. The molecule has 0 fully saturated rings. The van der Waals surface area contributed by atoms with Crippen molar-refractivity contribution in [1.29, 1.82) is 5.26 Å². The summed E-state index contributed by atoms with van der Waals surface area (Å²) in [5.41, 5.74) is 3.05. The summed E-state index contributed by atoms with van der Waals surface area (Å²) >= 11 is 3.48. The minimum Gasteiger partial charge on any atom is -0.342 e. The average Bonchev–Trinajstić information content (AvgIpc) is 2.76. The van der Waals surface area contributed by atoms with E-state index in [0.29, 0.717) is 5.69 Å². The predicted octanol–water partition coefficient (Wildman–Crippen LogP) is 3.51. The molecule has 0 unspecified atom stereocenters. The van der Waals surface area contributed by atoms with Crippen molar-refractivity contribution in [3.05, 3.63) is 57.8 Å². The van der Waals surface area contributed by atoms with Crippen LogP contribution in [0.5, 0.6) is 0 Å². The number of nitriles is 1. The van der Waals surface area contributed by atoms with Crippen LogP contribution in [0.1, 0.15) is 29.8 Å². The summed E-state index contributed by atoms with van der Waals surface area (Å²) in [6, 6.07) is 12.6. The molecule has 1 aromatic heterocycles. The number of aromatic nitrogens is 1. The maximum Gasteiger partial charge on any atom is 0.120 e. The molecular weight excluding hydrogens is 302 g/mol. The Bertz CT molecular complexity index is 610. The quantitative estimate of drug-likeness (QED) is 0.937. The Morgan fingerprint density at radius 1 is 1.42 bits per heavy atom. The summed E-state index contributed by atoms with van der Waals surface area (Å²) in [4.78, 5) is 0. The number of benzene rings is 1. The standard InChI is InChI=1S/C15H16BrN3/c1-11(13-4-3-5-14(16)7-13)18-9-12-6-15(8-17)19(2)10-12/h3-7,10-11,18H,9H2,1-2H3/t11-/m0/s1. The summed E-state index contributed by atoms with van der Waals surface area (Å²) in [6.07, 6.45) is 1.99. The number of halogens is 1. The Hall–Kier alpha value is -1.57. The van der Waals surface area contributed by atoms with Gasteiger partial charge in [-0.05, 0) is 36.2 Å². The Morgan fingerprint density at radius 3 is 2.84 bits per heavy atom. The first-order valence-electron chi connectivity index (χ1n) is 6.14. The molecule has 0 saturated carbocycles. The van der Waals surface area contributed by atoms with Crippen LogP contribution in [-0.4, -0.2) is 4.57 Å². The molecule has 1 atom stereocenters. The Kier molecular flexibility index (Phi) is 4.41. The number of rotatable bonds is 4. The van der Waals surface area contributed by atoms with Crippen LogP contribution < -0.4 is 5.32 Å². The molecule has 0 radical (unpaired) electrons. The first-order valence-corrected chi connectivity index (χ1v) is 6.93. The lowest BCUT2D eigenvalue weighted by molar-refractivity contribution is 0.574. The SMILES string of the molecule is C[C@H](NCc1cc(C#N)n(C)c1)c1cccc(Br)c1. The zero-order valence-electron chi connectivity index (χ0n) is 11.0. The number of nitrogens with zero attached hydrogens (tertiary/aromatic N) is 2. The van der Waals surface area contributed by atoms with E-state index in [2.05, 4.69) is 46.4 Å². The number of hydrogen-bond donors (Lipinski definition) is 1. The van der Waals surface area contributed by atoms with Crippen LogP contribution in [0.25, 0.3) is 0 Å². The summed E-state index contributed by atoms with van der Waals surface area (Å²) < 4.78 is 2.94. The highest BCUT2D eigenvalue weighted by atomic mass is 79.9. The molecular formula is C15H16BrN3. The molecule has 0 amide bonds. The van der Waals surface area contributed by atoms with Crippen LogP contribution >= 0.6 is 15.9 Å². The smallest absolute Gasteiger partial charge is 0.120 e. The van der Waals surface area contributed by atoms with Gasteiger partial charge in [0, 0.05) is 30.3 Å². The first kappa shape index (κ1) is 13.9. The molecule has 0 spiro atoms. The van der Waals surface area contributed by atoms with Gasteiger partial charge in [0.25, 0.3) is 0 Å². The molecule has 2 rings (SSSR count). The molecule has 0 saturated heterocycles. The summed E-state index contributed by atoms with van der Waals surface area (Å²) in [7, 11) is 1.89. The fourth-order valence-corrected chi connectivity index (χ4v) is 2.42. The molecule has 0 aliphatic heterocycles. The van der Waals surface area contributed by atoms with Gasteiger partial charge < -0.3 is 9.88 Å². The van der Waals surface area contributed by atoms with Gasteiger partial charge in [-0.2, -0.15) is 5.26 Å². The molecule has 19 heavy (non-hydrogen) atoms. The van der Waals surface area contributed by atoms with Crippen LogP contribution in [0.2, 0.25) is 0 Å². The highest BCUT2D eigenvalue weighted by molar-refractivity contribution is 9.10. The van der Waals surface area contributed by atoms with Crippen LogP contribution in [0, 0.1) is 11.3 Å². The summed E-state index contributed by atoms with van der Waals surface area (Å²) in [5.74, 6) is 0. The van der Waals surface area contributed by atoms with Crippen molar-refractivity contribution in [2.24, 2.45) is 7.05 Å². The van der Waals surface area contributed by atoms with Crippen molar-refractivity contribution in [1.82, 2.24) is 9.88 Å². The Labute approximate surface area is 122 Å². The van der Waals surface area contributed by atoms with Gasteiger partial charge in [0.15, 0.2) is 0 Å². The normalized spacial score (nSPS) is 12.1. The van der Waals surface area contributed by atoms with E-state index >= 15 is 0 Å². The van der Waals surface area contributed by atoms with E-state index in [4.69, 9.17) is 5.26 Å². The second-order valence-electron chi connectivity index (χ2n) is 4.61. The van der Waals surface area contributed by atoms with E-state index in [0.717, 1.165) is 16.6 Å². The maximum absolute atomic E-state index is 8.92. The minimum absolute atomic E-state index is 0.267. The second-order valence-corrected chi connectivity index (χ2v) is 5.53. The second kappa shape index (κ2) is 6.05. The van der Waals surface area contributed by atoms with Gasteiger partial charge in [0.2, 0.25) is 0 Å². The van der Waals surface area contributed by atoms with Crippen molar-refractivity contribution < 1.29 is 0 Å². The predicted molar refractivity (Wildman–Crippen MR) is 79.5 cm³/mol. The van der Waals surface area contributed by atoms with E-state index < -0.39 is 0 Å². The van der Waals surface area contributed by atoms with Gasteiger partial charge in [-0.15, -0.1) is 0 Å². The fraction of sp³-hybridized carbons (Fsp3) is 0.267. The van der Waals surface area contributed by atoms with Gasteiger partial charge >= 0.3 is 0 Å². The van der Waals surface area contributed by atoms with E-state index in [1.165, 1.54) is 5.56 Å². The monoisotopic (exact) mass is 317 g/mol. The topological polar surface area (TPSA) is 40.8 Å². The molecule has 1 heterocycles. The van der Waals surface area contributed by atoms with E-state index in [1.54, 1.807) is 0 Å². The lowest BCUT2D eigenvalue weighted by Gasteiger charge is -2.14. The fourth-order valence-electron chi connectivity index (χ4n) is 2.01. The zero-order valence-corrected chi connectivity index (χ0v) is 12.6. The number of hydrogen-bond acceptors (Lipinski definition) is 2. The van der Waals surface area contributed by atoms with Gasteiger partial charge in [-0.1, -0.05) is 28.1 Å². The number of nitrogens with one attached hydrogen (secondary N) is 1. The lowest BCUT2D eigenvalue weighted by atomic mass is 10.1. The van der Waals surface area contributed by atoms with E-state index in [9.17, 15) is 0 Å². The molecule has 0 aliphatic rings. The Balaban J connectivity index is 2.00. The van der Waals surface area contributed by atoms with Crippen LogP contribution in [0.4, 0.5) is 0 Å². The van der Waals surface area contributed by atoms with E-state index in [-0.39, 0.29) is 6.04 Å². The maximum atomic E-state index is 8.92. The summed E-state index contributed by atoms with van der Waals surface area (Å²) in [6.45, 7) is 2.89. The van der Waals surface area contributed by atoms with E-state index in [1.807, 2.05) is 36.0 Å². The van der Waals surface area contributed by atoms with Crippen molar-refractivity contribution in [2.75, 3.05) is 0 Å². The minimum atomic E-state index is 0.267. The molecule has 2 aromatic rings. The molecule has 0 aliphatic carbocycles. The molecule has 4 heteroatoms. The van der Waals surface area contributed by atoms with Gasteiger partial charge in [-0.3, -0.25) is 0 Å². The zero-order chi connectivity index (χ0) is 13.8. The van der Waals surface area contributed by atoms with Gasteiger partial charge in [0.1, 0.15) is 11.8 Å². The Morgan fingerprint density at radius 2 is 2.21 bits per heavy atom.